The number of hydrogen-bond donors (Lipinski definition) is 0. The van der Waals surface area contributed by atoms with E-state index >= 15 is 0 Å². The largest absolute Gasteiger partial charge is 0.300 e. The third kappa shape index (κ3) is 3.17. The van der Waals surface area contributed by atoms with Crippen molar-refractivity contribution in [3.8, 4) is 0 Å². The maximum absolute atomic E-state index is 11.5. The lowest BCUT2D eigenvalue weighted by atomic mass is 9.98. The van der Waals surface area contributed by atoms with Crippen molar-refractivity contribution in [1.29, 1.82) is 0 Å². The van der Waals surface area contributed by atoms with Gasteiger partial charge in [0.15, 0.2) is 0 Å². The Morgan fingerprint density at radius 1 is 1.59 bits per heavy atom. The highest BCUT2D eigenvalue weighted by Crippen LogP contribution is 2.33. The van der Waals surface area contributed by atoms with E-state index in [9.17, 15) is 4.79 Å². The Kier molecular flexibility index (Phi) is 4.35. The molecule has 0 radical (unpaired) electrons. The molecule has 0 bridgehead atoms. The molecule has 2 heterocycles. The number of carbonyl (C=O) groups excluding carboxylic acids is 1. The summed E-state index contributed by atoms with van der Waals surface area (Å²) < 4.78 is 0. The molecule has 1 saturated heterocycles. The van der Waals surface area contributed by atoms with Crippen LogP contribution in [-0.4, -0.2) is 23.3 Å². The van der Waals surface area contributed by atoms with Gasteiger partial charge in [0, 0.05) is 17.3 Å². The minimum absolute atomic E-state index is 0.293. The van der Waals surface area contributed by atoms with Gasteiger partial charge in [-0.1, -0.05) is 12.5 Å². The van der Waals surface area contributed by atoms with Crippen molar-refractivity contribution in [1.82, 2.24) is 4.90 Å². The van der Waals surface area contributed by atoms with Gasteiger partial charge in [-0.15, -0.1) is 11.3 Å². The van der Waals surface area contributed by atoms with E-state index in [1.165, 1.54) is 24.1 Å². The van der Waals surface area contributed by atoms with Crippen molar-refractivity contribution in [2.75, 3.05) is 6.54 Å². The van der Waals surface area contributed by atoms with Gasteiger partial charge in [-0.05, 0) is 44.7 Å². The molecule has 1 fully saturated rings. The van der Waals surface area contributed by atoms with Crippen LogP contribution in [0, 0.1) is 0 Å². The number of nitrogens with zero attached hydrogens (tertiary/aromatic N) is 1. The van der Waals surface area contributed by atoms with Crippen LogP contribution in [0.4, 0.5) is 0 Å². The van der Waals surface area contributed by atoms with Gasteiger partial charge in [0.05, 0.1) is 6.04 Å². The first-order valence-corrected chi connectivity index (χ1v) is 7.35. The van der Waals surface area contributed by atoms with Crippen LogP contribution in [0.2, 0.25) is 0 Å². The van der Waals surface area contributed by atoms with Gasteiger partial charge in [-0.25, -0.2) is 0 Å². The first-order valence-electron chi connectivity index (χ1n) is 6.47. The molecule has 0 N–H and O–H groups in total. The molecule has 1 aromatic rings. The molecule has 3 heteroatoms. The number of piperidine rings is 1. The highest BCUT2D eigenvalue weighted by Gasteiger charge is 2.28. The van der Waals surface area contributed by atoms with Crippen LogP contribution >= 0.6 is 11.3 Å². The Hall–Kier alpha value is -0.670. The second-order valence-corrected chi connectivity index (χ2v) is 6.00. The van der Waals surface area contributed by atoms with Crippen molar-refractivity contribution < 1.29 is 4.79 Å². The lowest BCUT2D eigenvalue weighted by Gasteiger charge is -2.39. The van der Waals surface area contributed by atoms with Crippen molar-refractivity contribution >= 4 is 17.1 Å². The lowest BCUT2D eigenvalue weighted by molar-refractivity contribution is -0.118. The molecule has 0 aliphatic carbocycles. The molecule has 2 nitrogen and oxygen atoms in total. The molecule has 0 aromatic carbocycles. The van der Waals surface area contributed by atoms with Gasteiger partial charge in [0.25, 0.3) is 0 Å². The monoisotopic (exact) mass is 251 g/mol. The SMILES string of the molecule is CC(=O)CC(c1cccs1)N1CCCCC1C. The fourth-order valence-electron chi connectivity index (χ4n) is 2.72. The number of likely N-dealkylation sites (tertiary alicyclic amines) is 1. The maximum Gasteiger partial charge on any atom is 0.131 e. The summed E-state index contributed by atoms with van der Waals surface area (Å²) in [5, 5.41) is 2.11. The predicted molar refractivity (Wildman–Crippen MR) is 72.4 cm³/mol. The molecule has 94 valence electrons. The van der Waals surface area contributed by atoms with Gasteiger partial charge < -0.3 is 0 Å². The molecular weight excluding hydrogens is 230 g/mol. The summed E-state index contributed by atoms with van der Waals surface area (Å²) in [6, 6.07) is 5.17. The van der Waals surface area contributed by atoms with E-state index < -0.39 is 0 Å². The molecule has 17 heavy (non-hydrogen) atoms. The zero-order valence-electron chi connectivity index (χ0n) is 10.7. The summed E-state index contributed by atoms with van der Waals surface area (Å²) in [5.41, 5.74) is 0. The van der Waals surface area contributed by atoms with E-state index in [0.29, 0.717) is 24.3 Å². The van der Waals surface area contributed by atoms with Crippen LogP contribution < -0.4 is 0 Å². The van der Waals surface area contributed by atoms with E-state index in [2.05, 4.69) is 29.3 Å². The minimum Gasteiger partial charge on any atom is -0.300 e. The minimum atomic E-state index is 0.293. The second-order valence-electron chi connectivity index (χ2n) is 5.02. The number of thiophene rings is 1. The van der Waals surface area contributed by atoms with Gasteiger partial charge >= 0.3 is 0 Å². The standard InChI is InChI=1S/C14H21NOS/c1-11-6-3-4-8-15(11)13(10-12(2)16)14-7-5-9-17-14/h5,7,9,11,13H,3-4,6,8,10H2,1-2H3. The van der Waals surface area contributed by atoms with Crippen molar-refractivity contribution in [3.05, 3.63) is 22.4 Å². The Morgan fingerprint density at radius 2 is 2.41 bits per heavy atom. The number of ketones is 1. The number of carbonyl (C=O) groups is 1. The van der Waals surface area contributed by atoms with Gasteiger partial charge in [-0.3, -0.25) is 9.69 Å². The topological polar surface area (TPSA) is 20.3 Å². The molecule has 2 unspecified atom stereocenters. The third-order valence-electron chi connectivity index (χ3n) is 3.61. The molecular formula is C14H21NOS. The third-order valence-corrected chi connectivity index (χ3v) is 4.58. The number of hydrogen-bond acceptors (Lipinski definition) is 3. The van der Waals surface area contributed by atoms with Crippen LogP contribution in [0.25, 0.3) is 0 Å². The highest BCUT2D eigenvalue weighted by atomic mass is 32.1. The lowest BCUT2D eigenvalue weighted by Crippen LogP contribution is -2.40. The molecule has 2 rings (SSSR count). The molecule has 0 amide bonds. The highest BCUT2D eigenvalue weighted by molar-refractivity contribution is 7.10. The molecule has 0 spiro atoms. The van der Waals surface area contributed by atoms with Gasteiger partial charge in [-0.2, -0.15) is 0 Å². The molecule has 0 saturated carbocycles. The Labute approximate surface area is 108 Å². The van der Waals surface area contributed by atoms with Crippen LogP contribution in [0.5, 0.6) is 0 Å². The van der Waals surface area contributed by atoms with Gasteiger partial charge in [0.2, 0.25) is 0 Å². The number of Topliss-reactive ketones (excluding diaryl/α,β-unsaturated/α-hetero) is 1. The zero-order valence-corrected chi connectivity index (χ0v) is 11.5. The predicted octanol–water partition coefficient (Wildman–Crippen LogP) is 3.64. The van der Waals surface area contributed by atoms with Crippen molar-refractivity contribution in [3.63, 3.8) is 0 Å². The Morgan fingerprint density at radius 3 is 3.00 bits per heavy atom. The fraction of sp³-hybridized carbons (Fsp3) is 0.643. The zero-order chi connectivity index (χ0) is 12.3. The quantitative estimate of drug-likeness (QED) is 0.814. The van der Waals surface area contributed by atoms with Crippen LogP contribution in [0.3, 0.4) is 0 Å². The summed E-state index contributed by atoms with van der Waals surface area (Å²) in [5.74, 6) is 0.293. The summed E-state index contributed by atoms with van der Waals surface area (Å²) in [6.45, 7) is 5.13. The average Bonchev–Trinajstić information content (AvgIpc) is 2.80. The molecule has 1 aliphatic heterocycles. The van der Waals surface area contributed by atoms with E-state index in [1.807, 2.05) is 0 Å². The molecule has 1 aromatic heterocycles. The van der Waals surface area contributed by atoms with Crippen LogP contribution in [0.1, 0.15) is 50.4 Å². The second kappa shape index (κ2) is 5.78. The van der Waals surface area contributed by atoms with E-state index in [-0.39, 0.29) is 0 Å². The van der Waals surface area contributed by atoms with Crippen molar-refractivity contribution in [2.45, 2.75) is 51.6 Å². The first-order chi connectivity index (χ1) is 8.18. The number of rotatable bonds is 4. The van der Waals surface area contributed by atoms with Crippen LogP contribution in [0.15, 0.2) is 17.5 Å². The Bertz CT molecular complexity index is 360. The van der Waals surface area contributed by atoms with E-state index in [0.717, 1.165) is 6.54 Å². The summed E-state index contributed by atoms with van der Waals surface area (Å²) >= 11 is 1.77. The summed E-state index contributed by atoms with van der Waals surface area (Å²) in [7, 11) is 0. The van der Waals surface area contributed by atoms with Gasteiger partial charge in [0.1, 0.15) is 5.78 Å². The molecule has 2 atom stereocenters. The summed E-state index contributed by atoms with van der Waals surface area (Å²) in [4.78, 5) is 15.3. The average molecular weight is 251 g/mol. The van der Waals surface area contributed by atoms with Crippen molar-refractivity contribution in [2.24, 2.45) is 0 Å². The summed E-state index contributed by atoms with van der Waals surface area (Å²) in [6.07, 6.45) is 4.52. The fourth-order valence-corrected chi connectivity index (χ4v) is 3.57. The van der Waals surface area contributed by atoms with E-state index in [4.69, 9.17) is 0 Å². The normalized spacial score (nSPS) is 23.5. The first kappa shape index (κ1) is 12.8. The van der Waals surface area contributed by atoms with E-state index in [1.54, 1.807) is 18.3 Å². The maximum atomic E-state index is 11.5. The Balaban J connectivity index is 2.17. The van der Waals surface area contributed by atoms with Crippen LogP contribution in [-0.2, 0) is 4.79 Å². The molecule has 1 aliphatic rings. The smallest absolute Gasteiger partial charge is 0.131 e.